The average molecular weight is 242 g/mol. The van der Waals surface area contributed by atoms with Gasteiger partial charge in [-0.3, -0.25) is 0 Å². The lowest BCUT2D eigenvalue weighted by atomic mass is 10.1. The number of hydrogen-bond donors (Lipinski definition) is 1. The molecule has 0 heterocycles. The zero-order valence-corrected chi connectivity index (χ0v) is 13.1. The summed E-state index contributed by atoms with van der Waals surface area (Å²) in [5.74, 6) is 1.54. The SMILES string of the molecule is CC(C)CN(CCCNC(C)(C)C)CC(C)C. The Hall–Kier alpha value is -0.0800. The molecule has 104 valence electrons. The van der Waals surface area contributed by atoms with E-state index in [-0.39, 0.29) is 5.54 Å². The lowest BCUT2D eigenvalue weighted by molar-refractivity contribution is 0.214. The molecule has 0 fully saturated rings. The Bertz CT molecular complexity index is 170. The smallest absolute Gasteiger partial charge is 0.00965 e. The fourth-order valence-corrected chi connectivity index (χ4v) is 2.06. The van der Waals surface area contributed by atoms with Gasteiger partial charge in [-0.15, -0.1) is 0 Å². The highest BCUT2D eigenvalue weighted by atomic mass is 15.1. The Morgan fingerprint density at radius 1 is 0.941 bits per heavy atom. The van der Waals surface area contributed by atoms with Gasteiger partial charge >= 0.3 is 0 Å². The van der Waals surface area contributed by atoms with E-state index in [2.05, 4.69) is 58.7 Å². The highest BCUT2D eigenvalue weighted by molar-refractivity contribution is 4.71. The van der Waals surface area contributed by atoms with Crippen molar-refractivity contribution in [3.05, 3.63) is 0 Å². The Labute approximate surface area is 109 Å². The van der Waals surface area contributed by atoms with Gasteiger partial charge in [-0.25, -0.2) is 0 Å². The maximum absolute atomic E-state index is 3.56. The lowest BCUT2D eigenvalue weighted by Gasteiger charge is -2.27. The zero-order valence-electron chi connectivity index (χ0n) is 13.1. The van der Waals surface area contributed by atoms with E-state index >= 15 is 0 Å². The third kappa shape index (κ3) is 12.2. The van der Waals surface area contributed by atoms with Crippen LogP contribution in [-0.4, -0.2) is 36.6 Å². The molecule has 0 saturated heterocycles. The third-order valence-electron chi connectivity index (χ3n) is 2.55. The second-order valence-corrected chi connectivity index (χ2v) is 7.08. The number of nitrogens with one attached hydrogen (secondary N) is 1. The number of nitrogens with zero attached hydrogens (tertiary/aromatic N) is 1. The molecule has 0 aliphatic heterocycles. The molecule has 1 N–H and O–H groups in total. The van der Waals surface area contributed by atoms with Crippen molar-refractivity contribution in [1.82, 2.24) is 10.2 Å². The second-order valence-electron chi connectivity index (χ2n) is 7.08. The highest BCUT2D eigenvalue weighted by Crippen LogP contribution is 2.05. The first kappa shape index (κ1) is 16.9. The Morgan fingerprint density at radius 2 is 1.41 bits per heavy atom. The molecule has 0 aromatic carbocycles. The van der Waals surface area contributed by atoms with Crippen molar-refractivity contribution in [3.8, 4) is 0 Å². The van der Waals surface area contributed by atoms with Gasteiger partial charge in [0, 0.05) is 18.6 Å². The van der Waals surface area contributed by atoms with Gasteiger partial charge in [0.1, 0.15) is 0 Å². The third-order valence-corrected chi connectivity index (χ3v) is 2.55. The van der Waals surface area contributed by atoms with Crippen LogP contribution in [0.25, 0.3) is 0 Å². The van der Waals surface area contributed by atoms with Gasteiger partial charge in [-0.1, -0.05) is 27.7 Å². The van der Waals surface area contributed by atoms with Crippen LogP contribution in [0.3, 0.4) is 0 Å². The van der Waals surface area contributed by atoms with Crippen molar-refractivity contribution in [2.24, 2.45) is 11.8 Å². The minimum absolute atomic E-state index is 0.251. The van der Waals surface area contributed by atoms with Gasteiger partial charge in [0.2, 0.25) is 0 Å². The van der Waals surface area contributed by atoms with Gasteiger partial charge in [-0.2, -0.15) is 0 Å². The van der Waals surface area contributed by atoms with Crippen LogP contribution < -0.4 is 5.32 Å². The highest BCUT2D eigenvalue weighted by Gasteiger charge is 2.11. The summed E-state index contributed by atoms with van der Waals surface area (Å²) in [5.41, 5.74) is 0.251. The second kappa shape index (κ2) is 8.10. The van der Waals surface area contributed by atoms with Crippen LogP contribution >= 0.6 is 0 Å². The zero-order chi connectivity index (χ0) is 13.5. The molecule has 0 saturated carbocycles. The van der Waals surface area contributed by atoms with Gasteiger partial charge < -0.3 is 10.2 Å². The molecule has 2 nitrogen and oxygen atoms in total. The van der Waals surface area contributed by atoms with Crippen LogP contribution in [0.5, 0.6) is 0 Å². The molecular formula is C15H34N2. The summed E-state index contributed by atoms with van der Waals surface area (Å²) < 4.78 is 0. The number of hydrogen-bond acceptors (Lipinski definition) is 2. The fraction of sp³-hybridized carbons (Fsp3) is 1.00. The van der Waals surface area contributed by atoms with Crippen molar-refractivity contribution < 1.29 is 0 Å². The van der Waals surface area contributed by atoms with Gasteiger partial charge in [0.05, 0.1) is 0 Å². The lowest BCUT2D eigenvalue weighted by Crippen LogP contribution is -2.39. The van der Waals surface area contributed by atoms with E-state index in [1.807, 2.05) is 0 Å². The summed E-state index contributed by atoms with van der Waals surface area (Å²) >= 11 is 0. The van der Waals surface area contributed by atoms with Crippen molar-refractivity contribution in [2.75, 3.05) is 26.2 Å². The molecule has 0 rings (SSSR count). The molecule has 0 aliphatic carbocycles. The molecule has 0 radical (unpaired) electrons. The van der Waals surface area contributed by atoms with Crippen molar-refractivity contribution in [1.29, 1.82) is 0 Å². The standard InChI is InChI=1S/C15H34N2/c1-13(2)11-17(12-14(3)4)10-8-9-16-15(5,6)7/h13-14,16H,8-12H2,1-7H3. The van der Waals surface area contributed by atoms with Crippen molar-refractivity contribution in [2.45, 2.75) is 60.4 Å². The Morgan fingerprint density at radius 3 is 1.76 bits per heavy atom. The Kier molecular flexibility index (Phi) is 8.06. The van der Waals surface area contributed by atoms with E-state index in [0.717, 1.165) is 18.4 Å². The van der Waals surface area contributed by atoms with E-state index in [9.17, 15) is 0 Å². The maximum atomic E-state index is 3.56. The normalized spacial score (nSPS) is 13.1. The average Bonchev–Trinajstić information content (AvgIpc) is 2.08. The molecule has 0 aromatic rings. The van der Waals surface area contributed by atoms with E-state index in [4.69, 9.17) is 0 Å². The van der Waals surface area contributed by atoms with Gasteiger partial charge in [-0.05, 0) is 52.1 Å². The molecule has 0 atom stereocenters. The molecule has 0 aromatic heterocycles. The molecule has 0 amide bonds. The van der Waals surface area contributed by atoms with Crippen LogP contribution in [0.2, 0.25) is 0 Å². The minimum Gasteiger partial charge on any atom is -0.312 e. The van der Waals surface area contributed by atoms with E-state index in [1.54, 1.807) is 0 Å². The van der Waals surface area contributed by atoms with Crippen LogP contribution in [0, 0.1) is 11.8 Å². The first-order valence-electron chi connectivity index (χ1n) is 7.18. The van der Waals surface area contributed by atoms with Gasteiger partial charge in [0.25, 0.3) is 0 Å². The van der Waals surface area contributed by atoms with E-state index < -0.39 is 0 Å². The summed E-state index contributed by atoms with van der Waals surface area (Å²) in [7, 11) is 0. The van der Waals surface area contributed by atoms with Crippen LogP contribution in [0.4, 0.5) is 0 Å². The molecule has 0 spiro atoms. The van der Waals surface area contributed by atoms with E-state index in [0.29, 0.717) is 0 Å². The predicted octanol–water partition coefficient (Wildman–Crippen LogP) is 3.38. The molecular weight excluding hydrogens is 208 g/mol. The molecule has 0 bridgehead atoms. The monoisotopic (exact) mass is 242 g/mol. The summed E-state index contributed by atoms with van der Waals surface area (Å²) in [6, 6.07) is 0. The topological polar surface area (TPSA) is 15.3 Å². The number of rotatable bonds is 8. The first-order chi connectivity index (χ1) is 7.70. The van der Waals surface area contributed by atoms with Crippen LogP contribution in [0.1, 0.15) is 54.9 Å². The Balaban J connectivity index is 3.83. The molecule has 17 heavy (non-hydrogen) atoms. The quantitative estimate of drug-likeness (QED) is 0.657. The summed E-state index contributed by atoms with van der Waals surface area (Å²) in [4.78, 5) is 2.61. The predicted molar refractivity (Wildman–Crippen MR) is 78.5 cm³/mol. The van der Waals surface area contributed by atoms with Crippen molar-refractivity contribution in [3.63, 3.8) is 0 Å². The fourth-order valence-electron chi connectivity index (χ4n) is 2.06. The molecule has 0 unspecified atom stereocenters. The largest absolute Gasteiger partial charge is 0.312 e. The van der Waals surface area contributed by atoms with Crippen molar-refractivity contribution >= 4 is 0 Å². The summed E-state index contributed by atoms with van der Waals surface area (Å²) in [6.45, 7) is 20.7. The van der Waals surface area contributed by atoms with Gasteiger partial charge in [0.15, 0.2) is 0 Å². The summed E-state index contributed by atoms with van der Waals surface area (Å²) in [5, 5.41) is 3.56. The summed E-state index contributed by atoms with van der Waals surface area (Å²) in [6.07, 6.45) is 1.25. The minimum atomic E-state index is 0.251. The van der Waals surface area contributed by atoms with Crippen LogP contribution in [-0.2, 0) is 0 Å². The molecule has 0 aliphatic rings. The maximum Gasteiger partial charge on any atom is 0.00965 e. The molecule has 2 heteroatoms. The van der Waals surface area contributed by atoms with Crippen LogP contribution in [0.15, 0.2) is 0 Å². The van der Waals surface area contributed by atoms with E-state index in [1.165, 1.54) is 26.1 Å². The first-order valence-corrected chi connectivity index (χ1v) is 7.18.